The third-order valence-electron chi connectivity index (χ3n) is 4.84. The Morgan fingerprint density at radius 3 is 2.64 bits per heavy atom. The number of hydrogen-bond donors (Lipinski definition) is 1. The van der Waals surface area contributed by atoms with Crippen LogP contribution in [0.15, 0.2) is 40.9 Å². The van der Waals surface area contributed by atoms with Crippen LogP contribution < -0.4 is 5.32 Å². The molecule has 0 aliphatic carbocycles. The SMILES string of the molecule is CCN1CCN([C@H](C)CNC(=O)c2cc(-c3ccccc3)on2)CC1. The summed E-state index contributed by atoms with van der Waals surface area (Å²) in [4.78, 5) is 17.2. The Morgan fingerprint density at radius 2 is 1.96 bits per heavy atom. The van der Waals surface area contributed by atoms with Gasteiger partial charge in [0, 0.05) is 50.4 Å². The maximum absolute atomic E-state index is 12.3. The molecule has 134 valence electrons. The van der Waals surface area contributed by atoms with Crippen molar-refractivity contribution in [3.8, 4) is 11.3 Å². The normalized spacial score (nSPS) is 17.4. The van der Waals surface area contributed by atoms with Gasteiger partial charge in [0.15, 0.2) is 11.5 Å². The lowest BCUT2D eigenvalue weighted by atomic mass is 10.1. The Bertz CT molecular complexity index is 678. The maximum Gasteiger partial charge on any atom is 0.273 e. The van der Waals surface area contributed by atoms with E-state index in [1.54, 1.807) is 6.07 Å². The molecule has 1 aromatic heterocycles. The number of hydrogen-bond acceptors (Lipinski definition) is 5. The number of aromatic nitrogens is 1. The van der Waals surface area contributed by atoms with Gasteiger partial charge in [0.2, 0.25) is 0 Å². The molecule has 2 aromatic rings. The highest BCUT2D eigenvalue weighted by Gasteiger charge is 2.21. The molecule has 0 radical (unpaired) electrons. The summed E-state index contributed by atoms with van der Waals surface area (Å²) in [5, 5.41) is 6.87. The maximum atomic E-state index is 12.3. The van der Waals surface area contributed by atoms with Crippen molar-refractivity contribution in [2.75, 3.05) is 39.3 Å². The van der Waals surface area contributed by atoms with Gasteiger partial charge in [0.05, 0.1) is 0 Å². The van der Waals surface area contributed by atoms with Crippen molar-refractivity contribution in [3.63, 3.8) is 0 Å². The number of carbonyl (C=O) groups is 1. The third-order valence-corrected chi connectivity index (χ3v) is 4.84. The molecule has 6 nitrogen and oxygen atoms in total. The van der Waals surface area contributed by atoms with Crippen LogP contribution in [0.2, 0.25) is 0 Å². The molecule has 1 N–H and O–H groups in total. The van der Waals surface area contributed by atoms with E-state index < -0.39 is 0 Å². The Balaban J connectivity index is 1.50. The smallest absolute Gasteiger partial charge is 0.273 e. The molecule has 0 spiro atoms. The first-order valence-electron chi connectivity index (χ1n) is 8.94. The van der Waals surface area contributed by atoms with Crippen molar-refractivity contribution >= 4 is 5.91 Å². The highest BCUT2D eigenvalue weighted by molar-refractivity contribution is 5.93. The second kappa shape index (κ2) is 8.27. The minimum absolute atomic E-state index is 0.190. The van der Waals surface area contributed by atoms with Gasteiger partial charge in [-0.05, 0) is 13.5 Å². The molecule has 0 unspecified atom stereocenters. The van der Waals surface area contributed by atoms with Gasteiger partial charge in [0.25, 0.3) is 5.91 Å². The van der Waals surface area contributed by atoms with E-state index in [9.17, 15) is 4.79 Å². The quantitative estimate of drug-likeness (QED) is 0.871. The van der Waals surface area contributed by atoms with Crippen molar-refractivity contribution in [1.29, 1.82) is 0 Å². The molecule has 1 amide bonds. The molecule has 0 saturated carbocycles. The monoisotopic (exact) mass is 342 g/mol. The van der Waals surface area contributed by atoms with E-state index in [4.69, 9.17) is 4.52 Å². The van der Waals surface area contributed by atoms with Crippen molar-refractivity contribution in [1.82, 2.24) is 20.3 Å². The standard InChI is InChI=1S/C19H26N4O2/c1-3-22-9-11-23(12-10-22)15(2)14-20-19(24)17-13-18(25-21-17)16-7-5-4-6-8-16/h4-8,13,15H,3,9-12,14H2,1-2H3,(H,20,24)/t15-/m1/s1. The zero-order valence-corrected chi connectivity index (χ0v) is 14.9. The van der Waals surface area contributed by atoms with Crippen LogP contribution >= 0.6 is 0 Å². The summed E-state index contributed by atoms with van der Waals surface area (Å²) in [6.07, 6.45) is 0. The zero-order valence-electron chi connectivity index (χ0n) is 14.9. The van der Waals surface area contributed by atoms with Gasteiger partial charge < -0.3 is 14.7 Å². The zero-order chi connectivity index (χ0) is 17.6. The minimum Gasteiger partial charge on any atom is -0.355 e. The Kier molecular flexibility index (Phi) is 5.83. The third kappa shape index (κ3) is 4.46. The number of amides is 1. The number of likely N-dealkylation sites (N-methyl/N-ethyl adjacent to an activating group) is 1. The number of rotatable bonds is 6. The summed E-state index contributed by atoms with van der Waals surface area (Å²) < 4.78 is 5.29. The molecule has 0 bridgehead atoms. The minimum atomic E-state index is -0.190. The molecule has 1 fully saturated rings. The molecule has 3 rings (SSSR count). The predicted molar refractivity (Wildman–Crippen MR) is 97.4 cm³/mol. The Labute approximate surface area is 148 Å². The van der Waals surface area contributed by atoms with Gasteiger partial charge in [-0.3, -0.25) is 9.69 Å². The second-order valence-corrected chi connectivity index (χ2v) is 6.47. The predicted octanol–water partition coefficient (Wildman–Crippen LogP) is 2.10. The summed E-state index contributed by atoms with van der Waals surface area (Å²) in [6, 6.07) is 11.7. The molecule has 1 atom stereocenters. The van der Waals surface area contributed by atoms with Crippen LogP contribution in [0.5, 0.6) is 0 Å². The first-order valence-corrected chi connectivity index (χ1v) is 8.94. The second-order valence-electron chi connectivity index (χ2n) is 6.47. The van der Waals surface area contributed by atoms with Gasteiger partial charge in [-0.15, -0.1) is 0 Å². The van der Waals surface area contributed by atoms with Crippen molar-refractivity contribution in [3.05, 3.63) is 42.1 Å². The van der Waals surface area contributed by atoms with Crippen LogP contribution in [0.1, 0.15) is 24.3 Å². The van der Waals surface area contributed by atoms with Gasteiger partial charge in [-0.1, -0.05) is 42.4 Å². The highest BCUT2D eigenvalue weighted by atomic mass is 16.5. The van der Waals surface area contributed by atoms with E-state index in [-0.39, 0.29) is 5.91 Å². The van der Waals surface area contributed by atoms with Crippen molar-refractivity contribution in [2.45, 2.75) is 19.9 Å². The van der Waals surface area contributed by atoms with Gasteiger partial charge >= 0.3 is 0 Å². The molecule has 1 aliphatic rings. The number of benzene rings is 1. The Morgan fingerprint density at radius 1 is 1.24 bits per heavy atom. The van der Waals surface area contributed by atoms with Crippen LogP contribution in [0.25, 0.3) is 11.3 Å². The van der Waals surface area contributed by atoms with E-state index in [1.165, 1.54) is 0 Å². The van der Waals surface area contributed by atoms with Crippen LogP contribution in [0.4, 0.5) is 0 Å². The largest absolute Gasteiger partial charge is 0.355 e. The van der Waals surface area contributed by atoms with E-state index >= 15 is 0 Å². The molecule has 2 heterocycles. The average Bonchev–Trinajstić information content (AvgIpc) is 3.17. The lowest BCUT2D eigenvalue weighted by Gasteiger charge is -2.37. The van der Waals surface area contributed by atoms with Crippen LogP contribution in [-0.2, 0) is 0 Å². The number of nitrogens with one attached hydrogen (secondary N) is 1. The lowest BCUT2D eigenvalue weighted by Crippen LogP contribution is -2.52. The van der Waals surface area contributed by atoms with E-state index in [1.807, 2.05) is 30.3 Å². The summed E-state index contributed by atoms with van der Waals surface area (Å²) in [5.74, 6) is 0.416. The first-order chi connectivity index (χ1) is 12.2. The lowest BCUT2D eigenvalue weighted by molar-refractivity contribution is 0.0876. The van der Waals surface area contributed by atoms with Crippen LogP contribution in [0, 0.1) is 0 Å². The Hall–Kier alpha value is -2.18. The molecule has 1 saturated heterocycles. The fraction of sp³-hybridized carbons (Fsp3) is 0.474. The molecular formula is C19H26N4O2. The molecule has 6 heteroatoms. The molecule has 1 aliphatic heterocycles. The summed E-state index contributed by atoms with van der Waals surface area (Å²) in [7, 11) is 0. The molecule has 25 heavy (non-hydrogen) atoms. The van der Waals surface area contributed by atoms with Gasteiger partial charge in [0.1, 0.15) is 0 Å². The summed E-state index contributed by atoms with van der Waals surface area (Å²) >= 11 is 0. The fourth-order valence-corrected chi connectivity index (χ4v) is 3.10. The van der Waals surface area contributed by atoms with Gasteiger partial charge in [-0.2, -0.15) is 0 Å². The first kappa shape index (κ1) is 17.6. The number of nitrogens with zero attached hydrogens (tertiary/aromatic N) is 3. The fourth-order valence-electron chi connectivity index (χ4n) is 3.10. The molecule has 1 aromatic carbocycles. The van der Waals surface area contributed by atoms with E-state index in [0.717, 1.165) is 38.3 Å². The number of carbonyl (C=O) groups excluding carboxylic acids is 1. The number of piperazine rings is 1. The van der Waals surface area contributed by atoms with Crippen molar-refractivity contribution < 1.29 is 9.32 Å². The average molecular weight is 342 g/mol. The van der Waals surface area contributed by atoms with E-state index in [2.05, 4.69) is 34.1 Å². The summed E-state index contributed by atoms with van der Waals surface area (Å²) in [5.41, 5.74) is 1.23. The van der Waals surface area contributed by atoms with Crippen molar-refractivity contribution in [2.24, 2.45) is 0 Å². The summed E-state index contributed by atoms with van der Waals surface area (Å²) in [6.45, 7) is 10.4. The topological polar surface area (TPSA) is 61.6 Å². The van der Waals surface area contributed by atoms with Gasteiger partial charge in [-0.25, -0.2) is 0 Å². The van der Waals surface area contributed by atoms with E-state index in [0.29, 0.717) is 24.0 Å². The highest BCUT2D eigenvalue weighted by Crippen LogP contribution is 2.19. The van der Waals surface area contributed by atoms with Crippen LogP contribution in [-0.4, -0.2) is 66.2 Å². The van der Waals surface area contributed by atoms with Crippen LogP contribution in [0.3, 0.4) is 0 Å². The molecular weight excluding hydrogens is 316 g/mol.